The molecule has 0 amide bonds. The minimum atomic E-state index is -3.72. The summed E-state index contributed by atoms with van der Waals surface area (Å²) in [6, 6.07) is 0. The Bertz CT molecular complexity index is 166. The van der Waals surface area contributed by atoms with Crippen molar-refractivity contribution in [1.82, 2.24) is 0 Å². The van der Waals surface area contributed by atoms with Crippen molar-refractivity contribution in [3.05, 3.63) is 6.42 Å². The van der Waals surface area contributed by atoms with Crippen LogP contribution in [0.15, 0.2) is 0 Å². The minimum Gasteiger partial charge on any atom is -0.285 e. The highest BCUT2D eigenvalue weighted by Crippen LogP contribution is 2.23. The average Bonchev–Trinajstić information content (AvgIpc) is 1.16. The molecule has 0 aliphatic heterocycles. The van der Waals surface area contributed by atoms with Crippen LogP contribution in [0.3, 0.4) is 0 Å². The van der Waals surface area contributed by atoms with Crippen LogP contribution in [0.5, 0.6) is 0 Å². The highest BCUT2D eigenvalue weighted by Gasteiger charge is 2.29. The Morgan fingerprint density at radius 2 is 2.12 bits per heavy atom. The summed E-state index contributed by atoms with van der Waals surface area (Å²) < 4.78 is 28.6. The Hall–Kier alpha value is -0.0900. The van der Waals surface area contributed by atoms with E-state index >= 15 is 0 Å². The highest BCUT2D eigenvalue weighted by molar-refractivity contribution is 7.86. The lowest BCUT2D eigenvalue weighted by molar-refractivity contribution is 0.452. The zero-order valence-corrected chi connectivity index (χ0v) is 5.06. The Morgan fingerprint density at radius 1 is 1.62 bits per heavy atom. The van der Waals surface area contributed by atoms with E-state index in [0.717, 1.165) is 6.42 Å². The molecule has 8 heavy (non-hydrogen) atoms. The van der Waals surface area contributed by atoms with Gasteiger partial charge in [-0.05, 0) is 19.3 Å². The Balaban J connectivity index is 2.60. The standard InChI is InChI=1S/C4H7O3S/c5-8(6,7)4-2-1-3-4/h2,4H,1,3H2,(H,5,6,7). The maximum atomic E-state index is 10.1. The molecule has 1 fully saturated rings. The first-order valence-corrected chi connectivity index (χ1v) is 3.90. The fourth-order valence-corrected chi connectivity index (χ4v) is 1.39. The van der Waals surface area contributed by atoms with E-state index in [1.807, 2.05) is 0 Å². The van der Waals surface area contributed by atoms with E-state index in [0.29, 0.717) is 6.42 Å². The van der Waals surface area contributed by atoms with Crippen molar-refractivity contribution in [1.29, 1.82) is 0 Å². The van der Waals surface area contributed by atoms with E-state index in [1.54, 1.807) is 6.42 Å². The fraction of sp³-hybridized carbons (Fsp3) is 0.750. The van der Waals surface area contributed by atoms with Crippen molar-refractivity contribution in [2.45, 2.75) is 18.1 Å². The molecule has 1 aliphatic carbocycles. The quantitative estimate of drug-likeness (QED) is 0.524. The largest absolute Gasteiger partial charge is 0.285 e. The summed E-state index contributed by atoms with van der Waals surface area (Å²) in [5.74, 6) is 0. The van der Waals surface area contributed by atoms with E-state index in [4.69, 9.17) is 4.55 Å². The molecule has 1 aliphatic rings. The topological polar surface area (TPSA) is 54.4 Å². The van der Waals surface area contributed by atoms with Crippen LogP contribution in [0.4, 0.5) is 0 Å². The predicted octanol–water partition coefficient (Wildman–Crippen LogP) is 0.241. The molecule has 3 nitrogen and oxygen atoms in total. The molecule has 4 heteroatoms. The molecule has 1 atom stereocenters. The Labute approximate surface area is 48.5 Å². The minimum absolute atomic E-state index is 0.567. The van der Waals surface area contributed by atoms with Gasteiger partial charge in [-0.1, -0.05) is 0 Å². The summed E-state index contributed by atoms with van der Waals surface area (Å²) in [6.45, 7) is 0. The van der Waals surface area contributed by atoms with Gasteiger partial charge in [0.15, 0.2) is 0 Å². The van der Waals surface area contributed by atoms with Gasteiger partial charge in [0.2, 0.25) is 0 Å². The second-order valence-electron chi connectivity index (χ2n) is 1.87. The van der Waals surface area contributed by atoms with Gasteiger partial charge in [0, 0.05) is 0 Å². The van der Waals surface area contributed by atoms with Crippen LogP contribution in [0.25, 0.3) is 0 Å². The zero-order chi connectivity index (χ0) is 6.20. The average molecular weight is 135 g/mol. The first-order chi connectivity index (χ1) is 3.61. The van der Waals surface area contributed by atoms with Gasteiger partial charge in [-0.15, -0.1) is 0 Å². The van der Waals surface area contributed by atoms with Crippen molar-refractivity contribution < 1.29 is 13.0 Å². The van der Waals surface area contributed by atoms with Gasteiger partial charge < -0.3 is 0 Å². The van der Waals surface area contributed by atoms with Gasteiger partial charge in [0.1, 0.15) is 0 Å². The van der Waals surface area contributed by atoms with E-state index in [9.17, 15) is 8.42 Å². The van der Waals surface area contributed by atoms with Crippen molar-refractivity contribution in [2.24, 2.45) is 0 Å². The molecule has 0 aromatic carbocycles. The smallest absolute Gasteiger partial charge is 0.268 e. The molecule has 0 spiro atoms. The van der Waals surface area contributed by atoms with Crippen LogP contribution >= 0.6 is 0 Å². The molecule has 1 rings (SSSR count). The summed E-state index contributed by atoms with van der Waals surface area (Å²) in [4.78, 5) is 0. The van der Waals surface area contributed by atoms with Crippen molar-refractivity contribution >= 4 is 10.1 Å². The van der Waals surface area contributed by atoms with Crippen LogP contribution in [-0.4, -0.2) is 18.2 Å². The van der Waals surface area contributed by atoms with Gasteiger partial charge in [0.05, 0.1) is 5.25 Å². The van der Waals surface area contributed by atoms with E-state index in [2.05, 4.69) is 0 Å². The first-order valence-electron chi connectivity index (χ1n) is 2.40. The summed E-state index contributed by atoms with van der Waals surface area (Å²) in [5, 5.41) is -0.567. The van der Waals surface area contributed by atoms with Crippen LogP contribution in [0, 0.1) is 6.42 Å². The van der Waals surface area contributed by atoms with Gasteiger partial charge in [-0.25, -0.2) is 0 Å². The number of hydrogen-bond acceptors (Lipinski definition) is 2. The third-order valence-corrected chi connectivity index (χ3v) is 2.46. The molecule has 0 saturated heterocycles. The molecular weight excluding hydrogens is 128 g/mol. The fourth-order valence-electron chi connectivity index (χ4n) is 0.573. The molecule has 0 aromatic heterocycles. The molecule has 1 saturated carbocycles. The molecule has 1 radical (unpaired) electrons. The van der Waals surface area contributed by atoms with Crippen molar-refractivity contribution in [2.75, 3.05) is 0 Å². The van der Waals surface area contributed by atoms with Crippen molar-refractivity contribution in [3.8, 4) is 0 Å². The van der Waals surface area contributed by atoms with Gasteiger partial charge in [-0.3, -0.25) is 4.55 Å². The van der Waals surface area contributed by atoms with Gasteiger partial charge in [-0.2, -0.15) is 8.42 Å². The van der Waals surface area contributed by atoms with Crippen LogP contribution in [0.2, 0.25) is 0 Å². The number of hydrogen-bond donors (Lipinski definition) is 1. The molecule has 1 N–H and O–H groups in total. The molecule has 47 valence electrons. The summed E-state index contributed by atoms with van der Waals surface area (Å²) in [5.41, 5.74) is 0. The summed E-state index contributed by atoms with van der Waals surface area (Å²) in [6.07, 6.45) is 2.98. The van der Waals surface area contributed by atoms with Crippen molar-refractivity contribution in [3.63, 3.8) is 0 Å². The highest BCUT2D eigenvalue weighted by atomic mass is 32.2. The van der Waals surface area contributed by atoms with E-state index in [1.165, 1.54) is 0 Å². The lowest BCUT2D eigenvalue weighted by Gasteiger charge is -2.20. The maximum absolute atomic E-state index is 10.1. The lowest BCUT2D eigenvalue weighted by atomic mass is 10.0. The third-order valence-electron chi connectivity index (χ3n) is 1.26. The van der Waals surface area contributed by atoms with Gasteiger partial charge >= 0.3 is 0 Å². The predicted molar refractivity (Wildman–Crippen MR) is 28.9 cm³/mol. The monoisotopic (exact) mass is 135 g/mol. The maximum Gasteiger partial charge on any atom is 0.268 e. The first kappa shape index (κ1) is 6.04. The SMILES string of the molecule is O=S(=O)(O)C1[CH]CC1. The summed E-state index contributed by atoms with van der Waals surface area (Å²) >= 11 is 0. The molecule has 1 unspecified atom stereocenters. The molecule has 0 aromatic rings. The Kier molecular flexibility index (Phi) is 1.28. The van der Waals surface area contributed by atoms with Crippen LogP contribution in [-0.2, 0) is 10.1 Å². The van der Waals surface area contributed by atoms with Gasteiger partial charge in [0.25, 0.3) is 10.1 Å². The normalized spacial score (nSPS) is 22.6. The van der Waals surface area contributed by atoms with Crippen LogP contribution in [0.1, 0.15) is 12.8 Å². The Morgan fingerprint density at radius 3 is 2.12 bits per heavy atom. The third kappa shape index (κ3) is 1.00. The molecular formula is C4H7O3S. The second-order valence-corrected chi connectivity index (χ2v) is 3.50. The van der Waals surface area contributed by atoms with E-state index in [-0.39, 0.29) is 0 Å². The molecule has 0 heterocycles. The zero-order valence-electron chi connectivity index (χ0n) is 4.24. The van der Waals surface area contributed by atoms with E-state index < -0.39 is 15.4 Å². The summed E-state index contributed by atoms with van der Waals surface area (Å²) in [7, 11) is -3.72. The molecule has 0 bridgehead atoms. The lowest BCUT2D eigenvalue weighted by Crippen LogP contribution is -2.28. The second kappa shape index (κ2) is 1.70. The number of rotatable bonds is 1. The van der Waals surface area contributed by atoms with Crippen LogP contribution < -0.4 is 0 Å².